The Morgan fingerprint density at radius 3 is 2.14 bits per heavy atom. The van der Waals surface area contributed by atoms with Gasteiger partial charge in [-0.3, -0.25) is 0 Å². The van der Waals surface area contributed by atoms with Gasteiger partial charge in [0.15, 0.2) is 0 Å². The molecule has 0 spiro atoms. The van der Waals surface area contributed by atoms with Crippen LogP contribution in [-0.4, -0.2) is 4.86 Å². The van der Waals surface area contributed by atoms with E-state index in [9.17, 15) is 0 Å². The summed E-state index contributed by atoms with van der Waals surface area (Å²) in [6.45, 7) is 0. The molecule has 2 aliphatic rings. The summed E-state index contributed by atoms with van der Waals surface area (Å²) in [6.07, 6.45) is 7.17. The summed E-state index contributed by atoms with van der Waals surface area (Å²) in [4.78, 5) is 5.84. The van der Waals surface area contributed by atoms with E-state index in [0.29, 0.717) is 0 Å². The molecule has 0 atom stereocenters. The Labute approximate surface area is 134 Å². The Balaban J connectivity index is 1.95. The molecule has 0 saturated carbocycles. The number of benzene rings is 2. The molecule has 0 bridgehead atoms. The first-order valence-electron chi connectivity index (χ1n) is 6.91. The molecule has 0 unspecified atom stereocenters. The van der Waals surface area contributed by atoms with E-state index < -0.39 is 0 Å². The minimum absolute atomic E-state index is 0.842. The van der Waals surface area contributed by atoms with Gasteiger partial charge in [-0.2, -0.15) is 0 Å². The lowest BCUT2D eigenvalue weighted by Crippen LogP contribution is -2.25. The van der Waals surface area contributed by atoms with Crippen LogP contribution in [0.25, 0.3) is 0 Å². The Hall–Kier alpha value is -1.84. The van der Waals surface area contributed by atoms with Crippen molar-refractivity contribution in [3.63, 3.8) is 0 Å². The molecule has 1 nitrogen and oxygen atoms in total. The van der Waals surface area contributed by atoms with E-state index in [4.69, 9.17) is 12.2 Å². The van der Waals surface area contributed by atoms with E-state index >= 15 is 0 Å². The molecule has 3 heteroatoms. The lowest BCUT2D eigenvalue weighted by Gasteiger charge is -2.35. The van der Waals surface area contributed by atoms with Gasteiger partial charge in [-0.25, -0.2) is 0 Å². The van der Waals surface area contributed by atoms with Gasteiger partial charge in [-0.05, 0) is 30.3 Å². The maximum absolute atomic E-state index is 5.60. The highest BCUT2D eigenvalue weighted by Gasteiger charge is 2.27. The molecule has 0 amide bonds. The lowest BCUT2D eigenvalue weighted by atomic mass is 10.1. The molecule has 0 aromatic heterocycles. The van der Waals surface area contributed by atoms with Gasteiger partial charge >= 0.3 is 0 Å². The van der Waals surface area contributed by atoms with Crippen molar-refractivity contribution in [2.75, 3.05) is 4.90 Å². The summed E-state index contributed by atoms with van der Waals surface area (Å²) in [5.41, 5.74) is 3.54. The second-order valence-corrected chi connectivity index (χ2v) is 6.56. The number of para-hydroxylation sites is 2. The molecule has 1 heterocycles. The first-order chi connectivity index (χ1) is 10.3. The second-order valence-electron chi connectivity index (χ2n) is 4.98. The second kappa shape index (κ2) is 5.17. The maximum Gasteiger partial charge on any atom is 0.0605 e. The van der Waals surface area contributed by atoms with Crippen LogP contribution in [0.4, 0.5) is 11.4 Å². The topological polar surface area (TPSA) is 3.24 Å². The highest BCUT2D eigenvalue weighted by atomic mass is 32.2. The van der Waals surface area contributed by atoms with Crippen molar-refractivity contribution in [2.45, 2.75) is 16.2 Å². The summed E-state index contributed by atoms with van der Waals surface area (Å²) in [5.74, 6) is 0. The van der Waals surface area contributed by atoms with Gasteiger partial charge in [0, 0.05) is 21.1 Å². The Kier molecular flexibility index (Phi) is 3.17. The van der Waals surface area contributed by atoms with Crippen LogP contribution in [0.15, 0.2) is 82.2 Å². The molecule has 2 aromatic carbocycles. The molecule has 0 fully saturated rings. The van der Waals surface area contributed by atoms with Crippen molar-refractivity contribution in [1.29, 1.82) is 0 Å². The number of thiocarbonyl (C=S) groups is 1. The summed E-state index contributed by atoms with van der Waals surface area (Å²) in [7, 11) is 0. The van der Waals surface area contributed by atoms with Crippen molar-refractivity contribution in [3.8, 4) is 0 Å². The highest BCUT2D eigenvalue weighted by Crippen LogP contribution is 2.49. The maximum atomic E-state index is 5.60. The van der Waals surface area contributed by atoms with E-state index in [1.54, 1.807) is 0 Å². The fourth-order valence-corrected chi connectivity index (χ4v) is 4.01. The van der Waals surface area contributed by atoms with Crippen molar-refractivity contribution in [1.82, 2.24) is 0 Å². The third-order valence-corrected chi connectivity index (χ3v) is 5.16. The van der Waals surface area contributed by atoms with Gasteiger partial charge in [-0.15, -0.1) is 0 Å². The third kappa shape index (κ3) is 2.13. The number of allylic oxidation sites excluding steroid dienone is 4. The SMILES string of the molecule is S=C1CC=CC=C1N1c2ccccc2Sc2ccccc21. The Morgan fingerprint density at radius 1 is 0.905 bits per heavy atom. The molecular formula is C18H13NS2. The molecule has 2 aromatic rings. The smallest absolute Gasteiger partial charge is 0.0605 e. The van der Waals surface area contributed by atoms with Gasteiger partial charge in [-0.1, -0.05) is 60.4 Å². The zero-order chi connectivity index (χ0) is 14.2. The minimum atomic E-state index is 0.842. The summed E-state index contributed by atoms with van der Waals surface area (Å²) in [5, 5.41) is 0. The first-order valence-corrected chi connectivity index (χ1v) is 8.13. The lowest BCUT2D eigenvalue weighted by molar-refractivity contribution is 1.12. The van der Waals surface area contributed by atoms with Crippen LogP contribution in [0.2, 0.25) is 0 Å². The number of hydrogen-bond acceptors (Lipinski definition) is 3. The van der Waals surface area contributed by atoms with Gasteiger partial charge in [0.2, 0.25) is 0 Å². The largest absolute Gasteiger partial charge is 0.307 e. The van der Waals surface area contributed by atoms with Crippen LogP contribution in [0.3, 0.4) is 0 Å². The molecule has 0 radical (unpaired) electrons. The Bertz CT molecular complexity index is 744. The molecular weight excluding hydrogens is 294 g/mol. The summed E-state index contributed by atoms with van der Waals surface area (Å²) < 4.78 is 0. The van der Waals surface area contributed by atoms with E-state index in [-0.39, 0.29) is 0 Å². The van der Waals surface area contributed by atoms with Gasteiger partial charge in [0.1, 0.15) is 0 Å². The molecule has 0 N–H and O–H groups in total. The monoisotopic (exact) mass is 307 g/mol. The third-order valence-electron chi connectivity index (χ3n) is 3.65. The number of hydrogen-bond donors (Lipinski definition) is 0. The number of anilines is 2. The molecule has 4 rings (SSSR count). The van der Waals surface area contributed by atoms with Crippen molar-refractivity contribution >= 4 is 40.2 Å². The van der Waals surface area contributed by atoms with Crippen LogP contribution in [0.5, 0.6) is 0 Å². The molecule has 21 heavy (non-hydrogen) atoms. The summed E-state index contributed by atoms with van der Waals surface area (Å²) in [6, 6.07) is 17.0. The van der Waals surface area contributed by atoms with Crippen molar-refractivity contribution in [2.24, 2.45) is 0 Å². The van der Waals surface area contributed by atoms with Crippen molar-refractivity contribution < 1.29 is 0 Å². The zero-order valence-electron chi connectivity index (χ0n) is 11.3. The molecule has 1 aliphatic heterocycles. The van der Waals surface area contributed by atoms with E-state index in [1.807, 2.05) is 11.8 Å². The molecule has 1 aliphatic carbocycles. The summed E-state index contributed by atoms with van der Waals surface area (Å²) >= 11 is 7.42. The Morgan fingerprint density at radius 2 is 1.52 bits per heavy atom. The minimum Gasteiger partial charge on any atom is -0.307 e. The molecule has 0 saturated heterocycles. The average Bonchev–Trinajstić information content (AvgIpc) is 2.53. The van der Waals surface area contributed by atoms with Crippen LogP contribution >= 0.6 is 24.0 Å². The quantitative estimate of drug-likeness (QED) is 0.640. The van der Waals surface area contributed by atoms with Gasteiger partial charge in [0.25, 0.3) is 0 Å². The van der Waals surface area contributed by atoms with Crippen LogP contribution in [-0.2, 0) is 0 Å². The van der Waals surface area contributed by atoms with E-state index in [0.717, 1.165) is 17.0 Å². The van der Waals surface area contributed by atoms with E-state index in [2.05, 4.69) is 71.7 Å². The fraction of sp³-hybridized carbons (Fsp3) is 0.0556. The van der Waals surface area contributed by atoms with Crippen LogP contribution < -0.4 is 4.90 Å². The number of rotatable bonds is 1. The van der Waals surface area contributed by atoms with Gasteiger partial charge in [0.05, 0.1) is 17.1 Å². The molecule has 102 valence electrons. The van der Waals surface area contributed by atoms with Gasteiger partial charge < -0.3 is 4.90 Å². The van der Waals surface area contributed by atoms with E-state index in [1.165, 1.54) is 21.2 Å². The fourth-order valence-electron chi connectivity index (χ4n) is 2.70. The number of nitrogens with zero attached hydrogens (tertiary/aromatic N) is 1. The first kappa shape index (κ1) is 12.9. The zero-order valence-corrected chi connectivity index (χ0v) is 13.0. The van der Waals surface area contributed by atoms with Crippen LogP contribution in [0, 0.1) is 0 Å². The standard InChI is InChI=1S/C18H13NS2/c20-16-10-4-1-7-13(16)19-14-8-2-5-11-17(14)21-18-12-6-3-9-15(18)19/h1-9,11-12H,10H2. The highest BCUT2D eigenvalue weighted by molar-refractivity contribution is 7.99. The predicted molar refractivity (Wildman–Crippen MR) is 93.6 cm³/mol. The normalized spacial score (nSPS) is 16.3. The predicted octanol–water partition coefficient (Wildman–Crippen LogP) is 5.50. The number of fused-ring (bicyclic) bond motifs is 2. The van der Waals surface area contributed by atoms with Crippen LogP contribution in [0.1, 0.15) is 6.42 Å². The van der Waals surface area contributed by atoms with Crippen molar-refractivity contribution in [3.05, 3.63) is 72.5 Å². The average molecular weight is 307 g/mol.